The van der Waals surface area contributed by atoms with Crippen molar-refractivity contribution < 1.29 is 19.2 Å². The van der Waals surface area contributed by atoms with Crippen molar-refractivity contribution in [3.05, 3.63) is 83.5 Å². The largest absolute Gasteiger partial charge is 0.508 e. The molecule has 2 N–H and O–H groups in total. The highest BCUT2D eigenvalue weighted by atomic mass is 16.5. The summed E-state index contributed by atoms with van der Waals surface area (Å²) in [6, 6.07) is 13.5. The maximum Gasteiger partial charge on any atom is 0.255 e. The van der Waals surface area contributed by atoms with Crippen LogP contribution in [-0.4, -0.2) is 26.1 Å². The second kappa shape index (κ2) is 8.66. The number of anilines is 1. The molecule has 0 aliphatic heterocycles. The first-order valence-electron chi connectivity index (χ1n) is 9.57. The fourth-order valence-corrected chi connectivity index (χ4v) is 2.96. The summed E-state index contributed by atoms with van der Waals surface area (Å²) < 4.78 is 10.9. The molecule has 8 nitrogen and oxygen atoms in total. The number of aromatic nitrogens is 3. The Kier molecular flexibility index (Phi) is 5.61. The van der Waals surface area contributed by atoms with E-state index in [1.54, 1.807) is 48.5 Å². The van der Waals surface area contributed by atoms with Crippen LogP contribution in [0.4, 0.5) is 5.69 Å². The van der Waals surface area contributed by atoms with Gasteiger partial charge >= 0.3 is 0 Å². The van der Waals surface area contributed by atoms with E-state index in [2.05, 4.69) is 20.4 Å². The molecule has 1 amide bonds. The molecule has 0 saturated heterocycles. The average Bonchev–Trinajstić information content (AvgIpc) is 3.10. The number of rotatable bonds is 6. The van der Waals surface area contributed by atoms with E-state index >= 15 is 0 Å². The Hall–Kier alpha value is -4.20. The van der Waals surface area contributed by atoms with Crippen molar-refractivity contribution in [2.45, 2.75) is 20.5 Å². The molecule has 0 fully saturated rings. The number of aromatic hydroxyl groups is 1. The normalized spacial score (nSPS) is 10.6. The summed E-state index contributed by atoms with van der Waals surface area (Å²) in [4.78, 5) is 21.0. The quantitative estimate of drug-likeness (QED) is 0.482. The minimum Gasteiger partial charge on any atom is -0.508 e. The predicted octanol–water partition coefficient (Wildman–Crippen LogP) is 4.29. The maximum absolute atomic E-state index is 12.5. The maximum atomic E-state index is 12.5. The van der Waals surface area contributed by atoms with Gasteiger partial charge < -0.3 is 19.7 Å². The monoisotopic (exact) mass is 416 g/mol. The zero-order chi connectivity index (χ0) is 21.8. The number of carbonyl (C=O) groups excluding carboxylic acids is 1. The number of aryl methyl sites for hydroxylation is 2. The molecule has 0 aliphatic rings. The fraction of sp³-hybridized carbons (Fsp3) is 0.130. The number of ether oxygens (including phenoxy) is 1. The zero-order valence-corrected chi connectivity index (χ0v) is 17.0. The van der Waals surface area contributed by atoms with E-state index in [4.69, 9.17) is 9.26 Å². The number of carbonyl (C=O) groups is 1. The van der Waals surface area contributed by atoms with Crippen molar-refractivity contribution in [2.24, 2.45) is 0 Å². The molecule has 0 unspecified atom stereocenters. The number of hydrogen-bond acceptors (Lipinski definition) is 7. The number of hydrogen-bond donors (Lipinski definition) is 2. The van der Waals surface area contributed by atoms with Gasteiger partial charge in [0.15, 0.2) is 5.82 Å². The molecule has 4 aromatic rings. The minimum atomic E-state index is -0.286. The first-order chi connectivity index (χ1) is 15.0. The van der Waals surface area contributed by atoms with Gasteiger partial charge in [0.2, 0.25) is 0 Å². The lowest BCUT2D eigenvalue weighted by Gasteiger charge is -2.08. The molecule has 8 heteroatoms. The summed E-state index contributed by atoms with van der Waals surface area (Å²) in [6.07, 6.45) is 3.04. The number of nitrogens with one attached hydrogen (secondary N) is 1. The van der Waals surface area contributed by atoms with E-state index in [-0.39, 0.29) is 11.7 Å². The van der Waals surface area contributed by atoms with Crippen LogP contribution in [0.2, 0.25) is 0 Å². The SMILES string of the molecule is Cc1noc(C)c1COc1ccc(C(=O)Nc2cnc(-c3cccc(O)c3)nc2)cc1. The molecule has 0 radical (unpaired) electrons. The molecule has 2 aromatic carbocycles. The summed E-state index contributed by atoms with van der Waals surface area (Å²) in [7, 11) is 0. The van der Waals surface area contributed by atoms with Crippen molar-refractivity contribution in [3.8, 4) is 22.9 Å². The topological polar surface area (TPSA) is 110 Å². The predicted molar refractivity (Wildman–Crippen MR) is 114 cm³/mol. The van der Waals surface area contributed by atoms with Crippen LogP contribution in [0.3, 0.4) is 0 Å². The highest BCUT2D eigenvalue weighted by Gasteiger charge is 2.11. The second-order valence-corrected chi connectivity index (χ2v) is 6.92. The molecular formula is C23H20N4O4. The summed E-state index contributed by atoms with van der Waals surface area (Å²) in [5.74, 6) is 1.67. The van der Waals surface area contributed by atoms with Crippen molar-refractivity contribution in [2.75, 3.05) is 5.32 Å². The summed E-state index contributed by atoms with van der Waals surface area (Å²) in [6.45, 7) is 4.05. The lowest BCUT2D eigenvalue weighted by atomic mass is 10.2. The lowest BCUT2D eigenvalue weighted by molar-refractivity contribution is 0.102. The van der Waals surface area contributed by atoms with Gasteiger partial charge in [0.1, 0.15) is 23.9 Å². The van der Waals surface area contributed by atoms with Gasteiger partial charge in [0.05, 0.1) is 29.3 Å². The van der Waals surface area contributed by atoms with Gasteiger partial charge in [-0.3, -0.25) is 4.79 Å². The van der Waals surface area contributed by atoms with Crippen LogP contribution in [0.25, 0.3) is 11.4 Å². The van der Waals surface area contributed by atoms with Gasteiger partial charge in [-0.15, -0.1) is 0 Å². The van der Waals surface area contributed by atoms with Gasteiger partial charge in [-0.05, 0) is 50.2 Å². The van der Waals surface area contributed by atoms with Crippen LogP contribution in [0.15, 0.2) is 65.4 Å². The standard InChI is InChI=1S/C23H20N4O4/c1-14-21(15(2)31-27-14)13-30-20-8-6-16(7-9-20)23(29)26-18-11-24-22(25-12-18)17-4-3-5-19(28)10-17/h3-12,28H,13H2,1-2H3,(H,26,29). The molecule has 2 aromatic heterocycles. The van der Waals surface area contributed by atoms with Crippen LogP contribution in [0.5, 0.6) is 11.5 Å². The van der Waals surface area contributed by atoms with Crippen molar-refractivity contribution in [1.82, 2.24) is 15.1 Å². The molecule has 0 aliphatic carbocycles. The van der Waals surface area contributed by atoms with Crippen molar-refractivity contribution >= 4 is 11.6 Å². The molecule has 0 saturated carbocycles. The highest BCUT2D eigenvalue weighted by Crippen LogP contribution is 2.21. The first kappa shape index (κ1) is 20.1. The molecule has 0 spiro atoms. The molecular weight excluding hydrogens is 396 g/mol. The zero-order valence-electron chi connectivity index (χ0n) is 17.0. The van der Waals surface area contributed by atoms with E-state index in [9.17, 15) is 9.90 Å². The number of benzene rings is 2. The Balaban J connectivity index is 1.37. The highest BCUT2D eigenvalue weighted by molar-refractivity contribution is 6.04. The minimum absolute atomic E-state index is 0.137. The third-order valence-corrected chi connectivity index (χ3v) is 4.69. The van der Waals surface area contributed by atoms with Gasteiger partial charge in [-0.1, -0.05) is 17.3 Å². The Morgan fingerprint density at radius 1 is 1.10 bits per heavy atom. The Labute approximate surface area is 178 Å². The van der Waals surface area contributed by atoms with Gasteiger partial charge in [-0.25, -0.2) is 9.97 Å². The van der Waals surface area contributed by atoms with Crippen LogP contribution in [0, 0.1) is 13.8 Å². The van der Waals surface area contributed by atoms with Gasteiger partial charge in [0.25, 0.3) is 5.91 Å². The Morgan fingerprint density at radius 3 is 2.48 bits per heavy atom. The third kappa shape index (κ3) is 4.69. The van der Waals surface area contributed by atoms with Gasteiger partial charge in [0, 0.05) is 11.1 Å². The molecule has 2 heterocycles. The van der Waals surface area contributed by atoms with E-state index in [0.29, 0.717) is 35.0 Å². The molecule has 0 bridgehead atoms. The van der Waals surface area contributed by atoms with E-state index < -0.39 is 0 Å². The fourth-order valence-electron chi connectivity index (χ4n) is 2.96. The average molecular weight is 416 g/mol. The van der Waals surface area contributed by atoms with Crippen LogP contribution in [0.1, 0.15) is 27.4 Å². The van der Waals surface area contributed by atoms with Gasteiger partial charge in [-0.2, -0.15) is 0 Å². The lowest BCUT2D eigenvalue weighted by Crippen LogP contribution is -2.12. The molecule has 31 heavy (non-hydrogen) atoms. The number of nitrogens with zero attached hydrogens (tertiary/aromatic N) is 3. The Morgan fingerprint density at radius 2 is 1.84 bits per heavy atom. The van der Waals surface area contributed by atoms with Crippen LogP contribution < -0.4 is 10.1 Å². The number of phenolic OH excluding ortho intramolecular Hbond substituents is 1. The van der Waals surface area contributed by atoms with Crippen molar-refractivity contribution in [3.63, 3.8) is 0 Å². The van der Waals surface area contributed by atoms with Crippen LogP contribution >= 0.6 is 0 Å². The number of amides is 1. The summed E-state index contributed by atoms with van der Waals surface area (Å²) in [5, 5.41) is 16.2. The third-order valence-electron chi connectivity index (χ3n) is 4.69. The summed E-state index contributed by atoms with van der Waals surface area (Å²) in [5.41, 5.74) is 3.33. The summed E-state index contributed by atoms with van der Waals surface area (Å²) >= 11 is 0. The second-order valence-electron chi connectivity index (χ2n) is 6.92. The smallest absolute Gasteiger partial charge is 0.255 e. The molecule has 156 valence electrons. The Bertz CT molecular complexity index is 1180. The number of phenols is 1. The first-order valence-corrected chi connectivity index (χ1v) is 9.57. The molecule has 4 rings (SSSR count). The van der Waals surface area contributed by atoms with E-state index in [0.717, 1.165) is 17.0 Å². The van der Waals surface area contributed by atoms with Crippen molar-refractivity contribution in [1.29, 1.82) is 0 Å². The molecule has 0 atom stereocenters. The van der Waals surface area contributed by atoms with E-state index in [1.165, 1.54) is 12.4 Å². The van der Waals surface area contributed by atoms with Crippen LogP contribution in [-0.2, 0) is 6.61 Å². The van der Waals surface area contributed by atoms with E-state index in [1.807, 2.05) is 13.8 Å².